The van der Waals surface area contributed by atoms with Crippen molar-refractivity contribution in [2.24, 2.45) is 0 Å². The third-order valence-electron chi connectivity index (χ3n) is 3.07. The molecule has 0 saturated carbocycles. The highest BCUT2D eigenvalue weighted by Gasteiger charge is 2.15. The van der Waals surface area contributed by atoms with Gasteiger partial charge in [-0.15, -0.1) is 0 Å². The maximum atomic E-state index is 13.5. The van der Waals surface area contributed by atoms with Crippen molar-refractivity contribution in [1.82, 2.24) is 4.90 Å². The second-order valence-electron chi connectivity index (χ2n) is 4.68. The molecule has 3 nitrogen and oxygen atoms in total. The van der Waals surface area contributed by atoms with Gasteiger partial charge in [-0.1, -0.05) is 18.2 Å². The normalized spacial score (nSPS) is 13.3. The van der Waals surface area contributed by atoms with Crippen LogP contribution in [-0.2, 0) is 0 Å². The molecule has 102 valence electrons. The van der Waals surface area contributed by atoms with E-state index in [0.29, 0.717) is 31.1 Å². The van der Waals surface area contributed by atoms with E-state index in [1.165, 1.54) is 6.07 Å². The third kappa shape index (κ3) is 4.37. The number of benzene rings is 1. The van der Waals surface area contributed by atoms with E-state index in [-0.39, 0.29) is 12.4 Å². The third-order valence-corrected chi connectivity index (χ3v) is 3.07. The van der Waals surface area contributed by atoms with E-state index in [1.807, 2.05) is 13.8 Å². The summed E-state index contributed by atoms with van der Waals surface area (Å²) in [5, 5.41) is 18.9. The summed E-state index contributed by atoms with van der Waals surface area (Å²) in [5.41, 5.74) is 0.338. The molecule has 1 rings (SSSR count). The van der Waals surface area contributed by atoms with Gasteiger partial charge in [0.25, 0.3) is 0 Å². The first-order valence-corrected chi connectivity index (χ1v) is 6.33. The van der Waals surface area contributed by atoms with Crippen LogP contribution in [0.1, 0.15) is 31.9 Å². The molecule has 1 aromatic carbocycles. The zero-order chi connectivity index (χ0) is 13.5. The minimum Gasteiger partial charge on any atom is -0.395 e. The zero-order valence-electron chi connectivity index (χ0n) is 11.0. The molecule has 0 fully saturated rings. The molecule has 1 atom stereocenters. The molecule has 0 aliphatic carbocycles. The fraction of sp³-hybridized carbons (Fsp3) is 0.571. The van der Waals surface area contributed by atoms with E-state index in [9.17, 15) is 9.50 Å². The van der Waals surface area contributed by atoms with Crippen LogP contribution in [0.4, 0.5) is 4.39 Å². The highest BCUT2D eigenvalue weighted by Crippen LogP contribution is 2.20. The van der Waals surface area contributed by atoms with Gasteiger partial charge in [-0.2, -0.15) is 0 Å². The number of hydrogen-bond acceptors (Lipinski definition) is 3. The summed E-state index contributed by atoms with van der Waals surface area (Å²) < 4.78 is 13.5. The van der Waals surface area contributed by atoms with Crippen LogP contribution in [0, 0.1) is 5.82 Å². The molecule has 1 aromatic rings. The number of rotatable bonds is 7. The molecule has 0 amide bonds. The Morgan fingerprint density at radius 2 is 1.89 bits per heavy atom. The Kier molecular flexibility index (Phi) is 6.25. The van der Waals surface area contributed by atoms with Gasteiger partial charge in [0.2, 0.25) is 0 Å². The summed E-state index contributed by atoms with van der Waals surface area (Å²) in [6.45, 7) is 5.36. The monoisotopic (exact) mass is 255 g/mol. The molecule has 4 heteroatoms. The Bertz CT molecular complexity index is 357. The number of aliphatic hydroxyl groups is 2. The molecule has 0 bridgehead atoms. The predicted octanol–water partition coefficient (Wildman–Crippen LogP) is 1.95. The van der Waals surface area contributed by atoms with Crippen LogP contribution in [0.2, 0.25) is 0 Å². The molecule has 0 saturated heterocycles. The number of aliphatic hydroxyl groups excluding tert-OH is 2. The first kappa shape index (κ1) is 15.1. The quantitative estimate of drug-likeness (QED) is 0.782. The molecule has 0 heterocycles. The van der Waals surface area contributed by atoms with Crippen LogP contribution < -0.4 is 0 Å². The van der Waals surface area contributed by atoms with Gasteiger partial charge in [0, 0.05) is 24.7 Å². The highest BCUT2D eigenvalue weighted by atomic mass is 19.1. The van der Waals surface area contributed by atoms with Crippen LogP contribution >= 0.6 is 0 Å². The van der Waals surface area contributed by atoms with Gasteiger partial charge in [-0.25, -0.2) is 4.39 Å². The Morgan fingerprint density at radius 1 is 1.22 bits per heavy atom. The largest absolute Gasteiger partial charge is 0.395 e. The molecular weight excluding hydrogens is 233 g/mol. The van der Waals surface area contributed by atoms with Crippen molar-refractivity contribution in [3.63, 3.8) is 0 Å². The fourth-order valence-corrected chi connectivity index (χ4v) is 1.95. The fourth-order valence-electron chi connectivity index (χ4n) is 1.95. The smallest absolute Gasteiger partial charge is 0.128 e. The van der Waals surface area contributed by atoms with Crippen LogP contribution in [-0.4, -0.2) is 40.9 Å². The zero-order valence-corrected chi connectivity index (χ0v) is 11.0. The molecule has 0 radical (unpaired) electrons. The molecule has 0 aromatic heterocycles. The lowest BCUT2D eigenvalue weighted by molar-refractivity contribution is 0.114. The second kappa shape index (κ2) is 7.46. The van der Waals surface area contributed by atoms with Gasteiger partial charge < -0.3 is 10.2 Å². The predicted molar refractivity (Wildman–Crippen MR) is 69.8 cm³/mol. The number of hydrogen-bond donors (Lipinski definition) is 2. The Hall–Kier alpha value is -0.970. The summed E-state index contributed by atoms with van der Waals surface area (Å²) in [5.74, 6) is -0.372. The number of halogens is 1. The molecular formula is C14H22FNO2. The molecule has 0 aliphatic heterocycles. The van der Waals surface area contributed by atoms with Gasteiger partial charge in [-0.05, 0) is 26.3 Å². The topological polar surface area (TPSA) is 43.7 Å². The molecule has 2 N–H and O–H groups in total. The van der Waals surface area contributed by atoms with Gasteiger partial charge >= 0.3 is 0 Å². The lowest BCUT2D eigenvalue weighted by Crippen LogP contribution is -2.35. The minimum absolute atomic E-state index is 0.0912. The van der Waals surface area contributed by atoms with Gasteiger partial charge in [0.05, 0.1) is 12.7 Å². The summed E-state index contributed by atoms with van der Waals surface area (Å²) >= 11 is 0. The first-order chi connectivity index (χ1) is 8.56. The van der Waals surface area contributed by atoms with Gasteiger partial charge in [-0.3, -0.25) is 4.90 Å². The SMILES string of the molecule is CC(C)N(CCO)CCC(O)c1ccccc1F. The second-order valence-corrected chi connectivity index (χ2v) is 4.68. The Balaban J connectivity index is 2.54. The average molecular weight is 255 g/mol. The van der Waals surface area contributed by atoms with Crippen molar-refractivity contribution in [2.45, 2.75) is 32.4 Å². The summed E-state index contributed by atoms with van der Waals surface area (Å²) in [6, 6.07) is 6.58. The maximum Gasteiger partial charge on any atom is 0.128 e. The molecule has 0 aliphatic rings. The van der Waals surface area contributed by atoms with Crippen LogP contribution in [0.15, 0.2) is 24.3 Å². The molecule has 18 heavy (non-hydrogen) atoms. The molecule has 1 unspecified atom stereocenters. The van der Waals surface area contributed by atoms with Gasteiger partial charge in [0.15, 0.2) is 0 Å². The van der Waals surface area contributed by atoms with Crippen LogP contribution in [0.25, 0.3) is 0 Å². The standard InChI is InChI=1S/C14H22FNO2/c1-11(2)16(9-10-17)8-7-14(18)12-5-3-4-6-13(12)15/h3-6,11,14,17-18H,7-10H2,1-2H3. The van der Waals surface area contributed by atoms with E-state index in [2.05, 4.69) is 4.90 Å². The van der Waals surface area contributed by atoms with E-state index in [0.717, 1.165) is 0 Å². The van der Waals surface area contributed by atoms with Crippen LogP contribution in [0.5, 0.6) is 0 Å². The molecule has 0 spiro atoms. The summed E-state index contributed by atoms with van der Waals surface area (Å²) in [7, 11) is 0. The first-order valence-electron chi connectivity index (χ1n) is 6.33. The Labute approximate surface area is 108 Å². The van der Waals surface area contributed by atoms with Crippen LogP contribution in [0.3, 0.4) is 0 Å². The van der Waals surface area contributed by atoms with E-state index < -0.39 is 6.10 Å². The van der Waals surface area contributed by atoms with Crippen molar-refractivity contribution < 1.29 is 14.6 Å². The minimum atomic E-state index is -0.800. The summed E-state index contributed by atoms with van der Waals surface area (Å²) in [4.78, 5) is 2.06. The van der Waals surface area contributed by atoms with Crippen molar-refractivity contribution in [2.75, 3.05) is 19.7 Å². The van der Waals surface area contributed by atoms with Crippen molar-refractivity contribution >= 4 is 0 Å². The van der Waals surface area contributed by atoms with Gasteiger partial charge in [0.1, 0.15) is 5.82 Å². The van der Waals surface area contributed by atoms with Crippen molar-refractivity contribution in [1.29, 1.82) is 0 Å². The van der Waals surface area contributed by atoms with E-state index in [4.69, 9.17) is 5.11 Å². The number of nitrogens with zero attached hydrogens (tertiary/aromatic N) is 1. The highest BCUT2D eigenvalue weighted by molar-refractivity contribution is 5.19. The summed E-state index contributed by atoms with van der Waals surface area (Å²) in [6.07, 6.45) is -0.342. The van der Waals surface area contributed by atoms with Crippen molar-refractivity contribution in [3.8, 4) is 0 Å². The van der Waals surface area contributed by atoms with E-state index >= 15 is 0 Å². The van der Waals surface area contributed by atoms with E-state index in [1.54, 1.807) is 18.2 Å². The maximum absolute atomic E-state index is 13.5. The van der Waals surface area contributed by atoms with Crippen molar-refractivity contribution in [3.05, 3.63) is 35.6 Å². The Morgan fingerprint density at radius 3 is 2.44 bits per heavy atom. The lowest BCUT2D eigenvalue weighted by Gasteiger charge is -2.26. The lowest BCUT2D eigenvalue weighted by atomic mass is 10.1. The average Bonchev–Trinajstić information content (AvgIpc) is 2.34.